The highest BCUT2D eigenvalue weighted by Gasteiger charge is 2.54. The van der Waals surface area contributed by atoms with Crippen molar-refractivity contribution in [3.05, 3.63) is 41.0 Å². The summed E-state index contributed by atoms with van der Waals surface area (Å²) in [5, 5.41) is 69.2. The van der Waals surface area contributed by atoms with Crippen molar-refractivity contribution < 1.29 is 59.3 Å². The molecule has 2 heterocycles. The van der Waals surface area contributed by atoms with Crippen LogP contribution >= 0.6 is 0 Å². The number of benzene rings is 1. The molecule has 0 saturated carbocycles. The molecular weight excluding hydrogens is 618 g/mol. The molecule has 0 spiro atoms. The zero-order valence-electron chi connectivity index (χ0n) is 27.5. The van der Waals surface area contributed by atoms with Crippen molar-refractivity contribution in [2.24, 2.45) is 0 Å². The molecular formula is C32H47N3O12. The maximum Gasteiger partial charge on any atom is 0.410 e. The monoisotopic (exact) mass is 665 g/mol. The summed E-state index contributed by atoms with van der Waals surface area (Å²) in [6, 6.07) is 1.56. The van der Waals surface area contributed by atoms with Crippen LogP contribution in [0.4, 0.5) is 4.79 Å². The van der Waals surface area contributed by atoms with Crippen molar-refractivity contribution >= 4 is 23.9 Å². The van der Waals surface area contributed by atoms with E-state index >= 15 is 0 Å². The molecule has 262 valence electrons. The van der Waals surface area contributed by atoms with E-state index in [4.69, 9.17) is 9.47 Å². The maximum atomic E-state index is 12.7. The smallest absolute Gasteiger partial charge is 0.410 e. The van der Waals surface area contributed by atoms with Gasteiger partial charge in [0.15, 0.2) is 5.60 Å². The van der Waals surface area contributed by atoms with Crippen LogP contribution in [-0.4, -0.2) is 126 Å². The maximum absolute atomic E-state index is 12.7. The van der Waals surface area contributed by atoms with Crippen molar-refractivity contribution in [2.75, 3.05) is 19.6 Å². The van der Waals surface area contributed by atoms with E-state index in [1.807, 2.05) is 0 Å². The van der Waals surface area contributed by atoms with Gasteiger partial charge in [-0.2, -0.15) is 0 Å². The van der Waals surface area contributed by atoms with Gasteiger partial charge in [0.1, 0.15) is 29.2 Å². The van der Waals surface area contributed by atoms with Gasteiger partial charge in [0, 0.05) is 38.4 Å². The Morgan fingerprint density at radius 1 is 1.17 bits per heavy atom. The summed E-state index contributed by atoms with van der Waals surface area (Å²) in [5.41, 5.74) is -3.28. The number of nitrogens with one attached hydrogen (secondary N) is 2. The highest BCUT2D eigenvalue weighted by atomic mass is 16.6. The molecule has 47 heavy (non-hydrogen) atoms. The third-order valence-corrected chi connectivity index (χ3v) is 8.19. The van der Waals surface area contributed by atoms with Gasteiger partial charge in [-0.05, 0) is 64.3 Å². The minimum atomic E-state index is -2.15. The number of ether oxygens (including phenoxy) is 2. The van der Waals surface area contributed by atoms with Gasteiger partial charge in [-0.15, -0.1) is 0 Å². The Labute approximate surface area is 273 Å². The average Bonchev–Trinajstić information content (AvgIpc) is 3.35. The lowest BCUT2D eigenvalue weighted by molar-refractivity contribution is -0.226. The molecule has 3 rings (SSSR count). The average molecular weight is 666 g/mol. The topological polar surface area (TPSA) is 235 Å². The van der Waals surface area contributed by atoms with E-state index in [0.29, 0.717) is 11.1 Å². The predicted molar refractivity (Wildman–Crippen MR) is 167 cm³/mol. The van der Waals surface area contributed by atoms with Crippen LogP contribution in [0.25, 0.3) is 0 Å². The standard InChI is InChI=1S/C32H47N3O12/c1-17-12-20(13-18(2)24(17)39)27(41)33-15-22(38)25(40)26-23(34-19(3)36)21(37)14-32(46-26,28(42)43)9-7-8-31(45)10-11-35(16-31)29(44)47-30(4,5)6/h7-8,12-13,21-23,25-26,37-40,45H,9-11,14-16H2,1-6H3,(H,33,41)(H,34,36)(H,42,43)/b8-7+/t21-,22+,23+,25+,26+,31?,32+/m0/s1. The molecule has 3 amide bonds. The minimum absolute atomic E-state index is 0.0333. The van der Waals surface area contributed by atoms with Crippen LogP contribution in [0.15, 0.2) is 24.3 Å². The van der Waals surface area contributed by atoms with Gasteiger partial charge < -0.3 is 55.6 Å². The number of aliphatic carboxylic acids is 1. The van der Waals surface area contributed by atoms with Crippen molar-refractivity contribution in [3.63, 3.8) is 0 Å². The van der Waals surface area contributed by atoms with Crippen molar-refractivity contribution in [1.82, 2.24) is 15.5 Å². The highest BCUT2D eigenvalue weighted by Crippen LogP contribution is 2.36. The van der Waals surface area contributed by atoms with E-state index in [1.165, 1.54) is 29.2 Å². The second-order valence-electron chi connectivity index (χ2n) is 13.5. The number of aliphatic hydroxyl groups is 4. The van der Waals surface area contributed by atoms with Crippen molar-refractivity contribution in [1.29, 1.82) is 0 Å². The number of carbonyl (C=O) groups is 4. The minimum Gasteiger partial charge on any atom is -0.507 e. The van der Waals surface area contributed by atoms with Crippen LogP contribution in [0.3, 0.4) is 0 Å². The first kappa shape index (κ1) is 37.7. The fraction of sp³-hybridized carbons (Fsp3) is 0.625. The number of amides is 3. The number of nitrogens with zero attached hydrogens (tertiary/aromatic N) is 1. The SMILES string of the molecule is CC(=O)N[C@H]1[C@H]([C@H](O)[C@H](O)CNC(=O)c2cc(C)c(O)c(C)c2)O[C@@](C/C=C/C2(O)CCN(C(=O)OC(C)(C)C)C2)(C(=O)O)C[C@@H]1O. The number of carbonyl (C=O) groups excluding carboxylic acids is 3. The molecule has 15 nitrogen and oxygen atoms in total. The number of phenolic OH excluding ortho intramolecular Hbond substituents is 1. The van der Waals surface area contributed by atoms with Crippen LogP contribution in [0.5, 0.6) is 5.75 Å². The number of aliphatic hydroxyl groups excluding tert-OH is 3. The van der Waals surface area contributed by atoms with Crippen molar-refractivity contribution in [3.8, 4) is 5.75 Å². The van der Waals surface area contributed by atoms with E-state index in [1.54, 1.807) is 34.6 Å². The Morgan fingerprint density at radius 3 is 2.34 bits per heavy atom. The third kappa shape index (κ3) is 9.41. The summed E-state index contributed by atoms with van der Waals surface area (Å²) in [7, 11) is 0. The summed E-state index contributed by atoms with van der Waals surface area (Å²) in [5.74, 6) is -2.71. The molecule has 1 unspecified atom stereocenters. The summed E-state index contributed by atoms with van der Waals surface area (Å²) < 4.78 is 11.3. The second kappa shape index (κ2) is 14.6. The zero-order valence-corrected chi connectivity index (χ0v) is 27.5. The molecule has 2 saturated heterocycles. The summed E-state index contributed by atoms with van der Waals surface area (Å²) in [6.45, 7) is 9.11. The number of phenols is 1. The molecule has 15 heteroatoms. The molecule has 0 bridgehead atoms. The number of carboxylic acids is 1. The van der Waals surface area contributed by atoms with E-state index in [9.17, 15) is 49.8 Å². The lowest BCUT2D eigenvalue weighted by Gasteiger charge is -2.47. The fourth-order valence-electron chi connectivity index (χ4n) is 5.75. The molecule has 2 aliphatic heterocycles. The van der Waals surface area contributed by atoms with E-state index < -0.39 is 90.5 Å². The normalized spacial score (nSPS) is 27.7. The molecule has 7 atom stereocenters. The van der Waals surface area contributed by atoms with Crippen LogP contribution < -0.4 is 10.6 Å². The van der Waals surface area contributed by atoms with E-state index in [-0.39, 0.29) is 30.8 Å². The quantitative estimate of drug-likeness (QED) is 0.157. The number of likely N-dealkylation sites (tertiary alicyclic amines) is 1. The molecule has 2 fully saturated rings. The largest absolute Gasteiger partial charge is 0.507 e. The number of aryl methyl sites for hydroxylation is 2. The van der Waals surface area contributed by atoms with Gasteiger partial charge in [-0.3, -0.25) is 9.59 Å². The van der Waals surface area contributed by atoms with Crippen LogP contribution in [0, 0.1) is 13.8 Å². The molecule has 8 N–H and O–H groups in total. The van der Waals surface area contributed by atoms with E-state index in [0.717, 1.165) is 6.92 Å². The molecule has 1 aromatic rings. The molecule has 2 aliphatic rings. The second-order valence-corrected chi connectivity index (χ2v) is 13.5. The highest BCUT2D eigenvalue weighted by molar-refractivity contribution is 5.94. The Hall–Kier alpha value is -3.76. The van der Waals surface area contributed by atoms with Gasteiger partial charge in [0.2, 0.25) is 5.91 Å². The van der Waals surface area contributed by atoms with E-state index in [2.05, 4.69) is 10.6 Å². The van der Waals surface area contributed by atoms with Gasteiger partial charge in [0.05, 0.1) is 24.8 Å². The van der Waals surface area contributed by atoms with Gasteiger partial charge >= 0.3 is 12.1 Å². The molecule has 0 radical (unpaired) electrons. The number of carboxylic acid groups (broad SMARTS) is 1. The number of hydrogen-bond donors (Lipinski definition) is 8. The molecule has 0 aliphatic carbocycles. The van der Waals surface area contributed by atoms with Gasteiger partial charge in [0.25, 0.3) is 5.91 Å². The Balaban J connectivity index is 1.77. The molecule has 1 aromatic carbocycles. The zero-order chi connectivity index (χ0) is 35.5. The first-order valence-corrected chi connectivity index (χ1v) is 15.4. The Morgan fingerprint density at radius 2 is 1.79 bits per heavy atom. The van der Waals surface area contributed by atoms with Crippen LogP contribution in [0.1, 0.15) is 68.4 Å². The summed E-state index contributed by atoms with van der Waals surface area (Å²) >= 11 is 0. The third-order valence-electron chi connectivity index (χ3n) is 8.19. The first-order chi connectivity index (χ1) is 21.7. The summed E-state index contributed by atoms with van der Waals surface area (Å²) in [6.07, 6.45) is -5.48. The number of aromatic hydroxyl groups is 1. The first-order valence-electron chi connectivity index (χ1n) is 15.4. The van der Waals surface area contributed by atoms with Gasteiger partial charge in [-0.25, -0.2) is 9.59 Å². The van der Waals surface area contributed by atoms with Crippen molar-refractivity contribution in [2.45, 2.75) is 108 Å². The van der Waals surface area contributed by atoms with Crippen LogP contribution in [0.2, 0.25) is 0 Å². The Bertz CT molecular complexity index is 1350. The number of β-amino-alcohol motifs (C(OH)–C–C–N with tert-alkyl or cyclic N) is 1. The lowest BCUT2D eigenvalue weighted by atomic mass is 9.81. The number of rotatable bonds is 10. The Kier molecular flexibility index (Phi) is 11.7. The molecule has 0 aromatic heterocycles. The lowest BCUT2D eigenvalue weighted by Crippen LogP contribution is -2.67. The van der Waals surface area contributed by atoms with Crippen LogP contribution in [-0.2, 0) is 19.1 Å². The van der Waals surface area contributed by atoms with Gasteiger partial charge in [-0.1, -0.05) is 12.2 Å². The fourth-order valence-corrected chi connectivity index (χ4v) is 5.75. The predicted octanol–water partition coefficient (Wildman–Crippen LogP) is 0.257. The number of hydrogen-bond acceptors (Lipinski definition) is 11. The summed E-state index contributed by atoms with van der Waals surface area (Å²) in [4.78, 5) is 51.1.